The molecule has 1 aliphatic heterocycles. The van der Waals surface area contributed by atoms with Gasteiger partial charge in [-0.25, -0.2) is 9.18 Å². The van der Waals surface area contributed by atoms with Crippen LogP contribution in [-0.2, 0) is 11.2 Å². The Hall–Kier alpha value is -3.15. The molecule has 0 atom stereocenters. The first-order chi connectivity index (χ1) is 14.2. The van der Waals surface area contributed by atoms with E-state index in [2.05, 4.69) is 0 Å². The van der Waals surface area contributed by atoms with Gasteiger partial charge in [0.2, 0.25) is 5.91 Å². The molecule has 6 heteroatoms. The highest BCUT2D eigenvalue weighted by Gasteiger charge is 2.32. The lowest BCUT2D eigenvalue weighted by molar-refractivity contribution is 0.0273. The molecule has 0 spiro atoms. The fraction of sp³-hybridized carbons (Fsp3) is 0.333. The van der Waals surface area contributed by atoms with Crippen LogP contribution in [0.5, 0.6) is 0 Å². The maximum Gasteiger partial charge on any atom is 0.410 e. The zero-order valence-corrected chi connectivity index (χ0v) is 17.4. The van der Waals surface area contributed by atoms with Crippen LogP contribution in [0.15, 0.2) is 36.4 Å². The van der Waals surface area contributed by atoms with E-state index in [1.54, 1.807) is 4.90 Å². The molecule has 0 unspecified atom stereocenters. The van der Waals surface area contributed by atoms with Gasteiger partial charge in [-0.05, 0) is 67.5 Å². The van der Waals surface area contributed by atoms with Gasteiger partial charge in [0.15, 0.2) is 0 Å². The number of benzene rings is 2. The van der Waals surface area contributed by atoms with Crippen LogP contribution in [0.1, 0.15) is 54.2 Å². The summed E-state index contributed by atoms with van der Waals surface area (Å²) >= 11 is 0. The molecule has 156 valence electrons. The Morgan fingerprint density at radius 1 is 1.17 bits per heavy atom. The van der Waals surface area contributed by atoms with E-state index < -0.39 is 23.4 Å². The molecule has 0 radical (unpaired) electrons. The van der Waals surface area contributed by atoms with E-state index in [0.717, 1.165) is 16.7 Å². The summed E-state index contributed by atoms with van der Waals surface area (Å²) in [5.74, 6) is -1.14. The van der Waals surface area contributed by atoms with Crippen molar-refractivity contribution in [3.8, 4) is 11.1 Å². The van der Waals surface area contributed by atoms with Gasteiger partial charge in [-0.2, -0.15) is 0 Å². The average Bonchev–Trinajstić information content (AvgIpc) is 3.05. The maximum absolute atomic E-state index is 15.4. The molecule has 2 N–H and O–H groups in total. The lowest BCUT2D eigenvalue weighted by Crippen LogP contribution is -2.39. The zero-order valence-electron chi connectivity index (χ0n) is 17.4. The molecule has 2 aromatic rings. The number of nitrogens with zero attached hydrogens (tertiary/aromatic N) is 1. The van der Waals surface area contributed by atoms with Gasteiger partial charge in [0.1, 0.15) is 11.4 Å². The number of fused-ring (bicyclic) bond motifs is 3. The van der Waals surface area contributed by atoms with Crippen molar-refractivity contribution in [3.05, 3.63) is 64.5 Å². The van der Waals surface area contributed by atoms with Crippen LogP contribution in [0.25, 0.3) is 16.7 Å². The second kappa shape index (κ2) is 7.27. The minimum Gasteiger partial charge on any atom is -0.444 e. The number of ether oxygens (including phenoxy) is 1. The molecule has 0 fully saturated rings. The molecular weight excluding hydrogens is 383 g/mol. The Labute approximate surface area is 175 Å². The Kier molecular flexibility index (Phi) is 4.88. The quantitative estimate of drug-likeness (QED) is 0.678. The summed E-state index contributed by atoms with van der Waals surface area (Å²) in [5, 5.41) is 0. The number of primary amides is 1. The van der Waals surface area contributed by atoms with Crippen LogP contribution >= 0.6 is 0 Å². The standard InChI is InChI=1S/C24H25FN2O3/c1-24(2,3)30-23(29)27-10-6-8-15(13-27)20-19(25)12-18(22(26)28)17-11-14-7-4-5-9-16(14)21(17)20/h4-5,7-9,12H,6,10-11,13H2,1-3H3,(H2,26,28). The first kappa shape index (κ1) is 20.1. The van der Waals surface area contributed by atoms with Crippen LogP contribution in [0.2, 0.25) is 0 Å². The molecule has 0 saturated heterocycles. The number of carbonyl (C=O) groups is 2. The first-order valence-corrected chi connectivity index (χ1v) is 10.1. The van der Waals surface area contributed by atoms with Crippen LogP contribution < -0.4 is 5.73 Å². The van der Waals surface area contributed by atoms with E-state index in [1.807, 2.05) is 51.1 Å². The van der Waals surface area contributed by atoms with Crippen LogP contribution in [-0.4, -0.2) is 35.6 Å². The Morgan fingerprint density at radius 3 is 2.60 bits per heavy atom. The lowest BCUT2D eigenvalue weighted by Gasteiger charge is -2.31. The first-order valence-electron chi connectivity index (χ1n) is 10.1. The number of rotatable bonds is 2. The summed E-state index contributed by atoms with van der Waals surface area (Å²) in [6.07, 6.45) is 2.67. The van der Waals surface area contributed by atoms with Gasteiger partial charge >= 0.3 is 6.09 Å². The second-order valence-electron chi connectivity index (χ2n) is 8.75. The van der Waals surface area contributed by atoms with Crippen molar-refractivity contribution in [1.29, 1.82) is 0 Å². The third kappa shape index (κ3) is 3.58. The fourth-order valence-electron chi connectivity index (χ4n) is 4.22. The number of nitrogens with two attached hydrogens (primary N) is 1. The summed E-state index contributed by atoms with van der Waals surface area (Å²) in [6, 6.07) is 8.97. The molecule has 2 amide bonds. The Balaban J connectivity index is 1.79. The smallest absolute Gasteiger partial charge is 0.410 e. The van der Waals surface area contributed by atoms with E-state index >= 15 is 4.39 Å². The zero-order chi connectivity index (χ0) is 21.6. The van der Waals surface area contributed by atoms with Crippen LogP contribution in [0, 0.1) is 5.82 Å². The van der Waals surface area contributed by atoms with Crippen LogP contribution in [0.4, 0.5) is 9.18 Å². The maximum atomic E-state index is 15.4. The molecule has 4 rings (SSSR count). The second-order valence-corrected chi connectivity index (χ2v) is 8.75. The molecule has 1 aliphatic carbocycles. The van der Waals surface area contributed by atoms with E-state index in [0.29, 0.717) is 36.1 Å². The molecule has 5 nitrogen and oxygen atoms in total. The van der Waals surface area contributed by atoms with Gasteiger partial charge in [0.25, 0.3) is 0 Å². The number of carbonyl (C=O) groups excluding carboxylic acids is 2. The number of halogens is 1. The third-order valence-corrected chi connectivity index (χ3v) is 5.43. The average molecular weight is 408 g/mol. The Bertz CT molecular complexity index is 1080. The van der Waals surface area contributed by atoms with E-state index in [4.69, 9.17) is 10.5 Å². The van der Waals surface area contributed by atoms with E-state index in [1.165, 1.54) is 6.07 Å². The molecule has 0 aromatic heterocycles. The highest BCUT2D eigenvalue weighted by molar-refractivity contribution is 6.01. The van der Waals surface area contributed by atoms with Crippen molar-refractivity contribution in [2.24, 2.45) is 5.73 Å². The number of hydrogen-bond donors (Lipinski definition) is 1. The summed E-state index contributed by atoms with van der Waals surface area (Å²) in [7, 11) is 0. The summed E-state index contributed by atoms with van der Waals surface area (Å²) in [4.78, 5) is 26.2. The van der Waals surface area contributed by atoms with Crippen molar-refractivity contribution < 1.29 is 18.7 Å². The van der Waals surface area contributed by atoms with E-state index in [-0.39, 0.29) is 12.1 Å². The number of amides is 2. The van der Waals surface area contributed by atoms with Crippen molar-refractivity contribution in [2.45, 2.75) is 39.2 Å². The summed E-state index contributed by atoms with van der Waals surface area (Å²) in [6.45, 7) is 6.21. The molecule has 2 aliphatic rings. The SMILES string of the molecule is CC(C)(C)OC(=O)N1CCC=C(c2c(F)cc(C(N)=O)c3c2-c2ccccc2C3)C1. The van der Waals surface area contributed by atoms with Crippen molar-refractivity contribution in [1.82, 2.24) is 4.90 Å². The van der Waals surface area contributed by atoms with Crippen LogP contribution in [0.3, 0.4) is 0 Å². The lowest BCUT2D eigenvalue weighted by atomic mass is 9.89. The highest BCUT2D eigenvalue weighted by Crippen LogP contribution is 2.44. The third-order valence-electron chi connectivity index (χ3n) is 5.43. The van der Waals surface area contributed by atoms with Gasteiger partial charge in [-0.15, -0.1) is 0 Å². The van der Waals surface area contributed by atoms with Crippen molar-refractivity contribution >= 4 is 17.6 Å². The van der Waals surface area contributed by atoms with Crippen molar-refractivity contribution in [3.63, 3.8) is 0 Å². The monoisotopic (exact) mass is 408 g/mol. The normalized spacial score (nSPS) is 15.3. The predicted octanol–water partition coefficient (Wildman–Crippen LogP) is 4.52. The largest absolute Gasteiger partial charge is 0.444 e. The van der Waals surface area contributed by atoms with Gasteiger partial charge in [-0.1, -0.05) is 30.3 Å². The topological polar surface area (TPSA) is 72.6 Å². The molecule has 2 aromatic carbocycles. The summed E-state index contributed by atoms with van der Waals surface area (Å²) in [5.41, 5.74) is 9.69. The minimum atomic E-state index is -0.641. The van der Waals surface area contributed by atoms with Gasteiger partial charge in [0, 0.05) is 24.2 Å². The van der Waals surface area contributed by atoms with E-state index in [9.17, 15) is 9.59 Å². The predicted molar refractivity (Wildman–Crippen MR) is 114 cm³/mol. The molecule has 0 saturated carbocycles. The molecule has 0 bridgehead atoms. The Morgan fingerprint density at radius 2 is 1.90 bits per heavy atom. The minimum absolute atomic E-state index is 0.211. The van der Waals surface area contributed by atoms with Gasteiger partial charge < -0.3 is 15.4 Å². The van der Waals surface area contributed by atoms with Crippen molar-refractivity contribution in [2.75, 3.05) is 13.1 Å². The van der Waals surface area contributed by atoms with Gasteiger partial charge in [-0.3, -0.25) is 4.79 Å². The highest BCUT2D eigenvalue weighted by atomic mass is 19.1. The number of hydrogen-bond acceptors (Lipinski definition) is 3. The summed E-state index contributed by atoms with van der Waals surface area (Å²) < 4.78 is 20.9. The molecular formula is C24H25FN2O3. The van der Waals surface area contributed by atoms with Gasteiger partial charge in [0.05, 0.1) is 0 Å². The fourth-order valence-corrected chi connectivity index (χ4v) is 4.22. The molecule has 30 heavy (non-hydrogen) atoms. The molecule has 1 heterocycles.